The van der Waals surface area contributed by atoms with Gasteiger partial charge in [0.2, 0.25) is 0 Å². The number of carbonyl (C=O) groups excluding carboxylic acids is 1. The van der Waals surface area contributed by atoms with Crippen molar-refractivity contribution >= 4 is 28.9 Å². The number of rotatable bonds is 5. The van der Waals surface area contributed by atoms with E-state index < -0.39 is 0 Å². The number of amides is 1. The second-order valence-corrected chi connectivity index (χ2v) is 4.90. The molecule has 1 amide bonds. The molecule has 0 saturated heterocycles. The fourth-order valence-corrected chi connectivity index (χ4v) is 1.96. The third-order valence-corrected chi connectivity index (χ3v) is 3.01. The van der Waals surface area contributed by atoms with Crippen LogP contribution in [-0.4, -0.2) is 17.6 Å². The molecule has 0 spiro atoms. The summed E-state index contributed by atoms with van der Waals surface area (Å²) in [7, 11) is 0. The molecule has 0 radical (unpaired) electrons. The van der Waals surface area contributed by atoms with Crippen molar-refractivity contribution in [3.8, 4) is 5.75 Å². The largest absolute Gasteiger partial charge is 0.489 e. The highest BCUT2D eigenvalue weighted by Crippen LogP contribution is 2.17. The smallest absolute Gasteiger partial charge is 0.273 e. The average molecular weight is 327 g/mol. The Kier molecular flexibility index (Phi) is 6.14. The summed E-state index contributed by atoms with van der Waals surface area (Å²) in [6.07, 6.45) is 1.62. The van der Waals surface area contributed by atoms with E-state index in [9.17, 15) is 4.79 Å². The monoisotopic (exact) mass is 327 g/mol. The maximum Gasteiger partial charge on any atom is 0.273 e. The van der Waals surface area contributed by atoms with Gasteiger partial charge in [0.05, 0.1) is 5.56 Å². The zero-order valence-electron chi connectivity index (χ0n) is 12.4. The fourth-order valence-electron chi connectivity index (χ4n) is 1.79. The zero-order valence-corrected chi connectivity index (χ0v) is 13.2. The van der Waals surface area contributed by atoms with Crippen LogP contribution >= 0.6 is 12.2 Å². The maximum absolute atomic E-state index is 12.2. The molecule has 23 heavy (non-hydrogen) atoms. The highest BCUT2D eigenvalue weighted by molar-refractivity contribution is 7.80. The molecule has 0 heterocycles. The Morgan fingerprint density at radius 3 is 2.52 bits per heavy atom. The fraction of sp³-hybridized carbons (Fsp3) is 0.0588. The van der Waals surface area contributed by atoms with E-state index in [-0.39, 0.29) is 11.0 Å². The highest BCUT2D eigenvalue weighted by Gasteiger charge is 2.11. The number of hydrazine groups is 1. The van der Waals surface area contributed by atoms with Gasteiger partial charge >= 0.3 is 0 Å². The SMILES string of the molecule is C=CCOc1ccccc1C(=O)NNC(=S)Nc1ccccc1. The summed E-state index contributed by atoms with van der Waals surface area (Å²) < 4.78 is 5.45. The Labute approximate surface area is 140 Å². The molecule has 3 N–H and O–H groups in total. The third-order valence-electron chi connectivity index (χ3n) is 2.81. The molecule has 0 aromatic heterocycles. The lowest BCUT2D eigenvalue weighted by Gasteiger charge is -2.13. The molecule has 0 fully saturated rings. The minimum Gasteiger partial charge on any atom is -0.489 e. The Morgan fingerprint density at radius 2 is 1.78 bits per heavy atom. The summed E-state index contributed by atoms with van der Waals surface area (Å²) in [5.74, 6) is 0.135. The molecular weight excluding hydrogens is 310 g/mol. The molecule has 2 aromatic carbocycles. The molecule has 5 nitrogen and oxygen atoms in total. The van der Waals surface area contributed by atoms with E-state index in [1.54, 1.807) is 30.3 Å². The van der Waals surface area contributed by atoms with Crippen molar-refractivity contribution in [1.82, 2.24) is 10.9 Å². The number of para-hydroxylation sites is 2. The van der Waals surface area contributed by atoms with Crippen molar-refractivity contribution in [2.45, 2.75) is 0 Å². The van der Waals surface area contributed by atoms with Crippen LogP contribution in [-0.2, 0) is 0 Å². The Balaban J connectivity index is 1.92. The summed E-state index contributed by atoms with van der Waals surface area (Å²) in [5, 5.41) is 3.24. The Morgan fingerprint density at radius 1 is 1.09 bits per heavy atom. The van der Waals surface area contributed by atoms with Gasteiger partial charge in [0.15, 0.2) is 5.11 Å². The number of carbonyl (C=O) groups is 1. The molecule has 0 aliphatic carbocycles. The minimum atomic E-state index is -0.345. The summed E-state index contributed by atoms with van der Waals surface area (Å²) in [6, 6.07) is 16.4. The van der Waals surface area contributed by atoms with Crippen LogP contribution < -0.4 is 20.9 Å². The van der Waals surface area contributed by atoms with Crippen LogP contribution in [0.4, 0.5) is 5.69 Å². The third kappa shape index (κ3) is 5.12. The molecule has 2 rings (SSSR count). The molecule has 6 heteroatoms. The van der Waals surface area contributed by atoms with Crippen molar-refractivity contribution in [2.75, 3.05) is 11.9 Å². The van der Waals surface area contributed by atoms with E-state index >= 15 is 0 Å². The van der Waals surface area contributed by atoms with E-state index in [1.807, 2.05) is 30.3 Å². The van der Waals surface area contributed by atoms with Crippen LogP contribution in [0.25, 0.3) is 0 Å². The number of hydrogen-bond acceptors (Lipinski definition) is 3. The van der Waals surface area contributed by atoms with Gasteiger partial charge in [-0.15, -0.1) is 0 Å². The quantitative estimate of drug-likeness (QED) is 0.448. The lowest BCUT2D eigenvalue weighted by atomic mass is 10.2. The van der Waals surface area contributed by atoms with Crippen LogP contribution in [0.5, 0.6) is 5.75 Å². The molecular formula is C17H17N3O2S. The van der Waals surface area contributed by atoms with Crippen LogP contribution in [0.1, 0.15) is 10.4 Å². The number of benzene rings is 2. The normalized spacial score (nSPS) is 9.57. The molecule has 0 bridgehead atoms. The Bertz CT molecular complexity index is 689. The minimum absolute atomic E-state index is 0.286. The number of anilines is 1. The molecule has 0 saturated carbocycles. The van der Waals surface area contributed by atoms with Crippen molar-refractivity contribution in [1.29, 1.82) is 0 Å². The van der Waals surface area contributed by atoms with Gasteiger partial charge in [-0.25, -0.2) is 0 Å². The second-order valence-electron chi connectivity index (χ2n) is 4.50. The molecule has 0 unspecified atom stereocenters. The second kappa shape index (κ2) is 8.55. The van der Waals surface area contributed by atoms with Crippen molar-refractivity contribution < 1.29 is 9.53 Å². The number of ether oxygens (including phenoxy) is 1. The van der Waals surface area contributed by atoms with Crippen LogP contribution in [0.3, 0.4) is 0 Å². The van der Waals surface area contributed by atoms with Gasteiger partial charge in [-0.2, -0.15) is 0 Å². The van der Waals surface area contributed by atoms with Gasteiger partial charge < -0.3 is 10.1 Å². The van der Waals surface area contributed by atoms with E-state index in [0.717, 1.165) is 5.69 Å². The summed E-state index contributed by atoms with van der Waals surface area (Å²) in [5.41, 5.74) is 6.43. The first kappa shape index (κ1) is 16.5. The van der Waals surface area contributed by atoms with Crippen LogP contribution in [0.2, 0.25) is 0 Å². The van der Waals surface area contributed by atoms with E-state index in [2.05, 4.69) is 22.7 Å². The predicted octanol–water partition coefficient (Wildman–Crippen LogP) is 2.88. The molecule has 2 aromatic rings. The molecule has 118 valence electrons. The summed E-state index contributed by atoms with van der Waals surface area (Å²) >= 11 is 5.13. The standard InChI is InChI=1S/C17H17N3O2S/c1-2-12-22-15-11-7-6-10-14(15)16(21)19-20-17(23)18-13-8-4-3-5-9-13/h2-11H,1,12H2,(H,19,21)(H2,18,20,23). The first-order chi connectivity index (χ1) is 11.2. The average Bonchev–Trinajstić information content (AvgIpc) is 2.59. The van der Waals surface area contributed by atoms with E-state index in [0.29, 0.717) is 17.9 Å². The number of nitrogens with one attached hydrogen (secondary N) is 3. The Hall–Kier alpha value is -2.86. The number of thiocarbonyl (C=S) groups is 1. The molecule has 0 aliphatic rings. The molecule has 0 aliphatic heterocycles. The summed E-state index contributed by atoms with van der Waals surface area (Å²) in [4.78, 5) is 12.2. The van der Waals surface area contributed by atoms with Crippen molar-refractivity contribution in [3.63, 3.8) is 0 Å². The van der Waals surface area contributed by atoms with E-state index in [4.69, 9.17) is 17.0 Å². The lowest BCUT2D eigenvalue weighted by molar-refractivity contribution is 0.0940. The zero-order chi connectivity index (χ0) is 16.5. The lowest BCUT2D eigenvalue weighted by Crippen LogP contribution is -2.43. The van der Waals surface area contributed by atoms with Crippen LogP contribution in [0.15, 0.2) is 67.3 Å². The molecule has 0 atom stereocenters. The first-order valence-corrected chi connectivity index (χ1v) is 7.36. The highest BCUT2D eigenvalue weighted by atomic mass is 32.1. The van der Waals surface area contributed by atoms with Gasteiger partial charge in [0, 0.05) is 5.69 Å². The van der Waals surface area contributed by atoms with Gasteiger partial charge in [0.25, 0.3) is 5.91 Å². The summed E-state index contributed by atoms with van der Waals surface area (Å²) in [6.45, 7) is 3.91. The van der Waals surface area contributed by atoms with Crippen molar-refractivity contribution in [2.24, 2.45) is 0 Å². The van der Waals surface area contributed by atoms with E-state index in [1.165, 1.54) is 0 Å². The predicted molar refractivity (Wildman–Crippen MR) is 95.4 cm³/mol. The van der Waals surface area contributed by atoms with Gasteiger partial charge in [-0.1, -0.05) is 43.0 Å². The van der Waals surface area contributed by atoms with Crippen molar-refractivity contribution in [3.05, 3.63) is 72.8 Å². The van der Waals surface area contributed by atoms with Gasteiger partial charge in [0.1, 0.15) is 12.4 Å². The number of hydrogen-bond donors (Lipinski definition) is 3. The van der Waals surface area contributed by atoms with Crippen LogP contribution in [0, 0.1) is 0 Å². The van der Waals surface area contributed by atoms with Gasteiger partial charge in [-0.3, -0.25) is 15.6 Å². The maximum atomic E-state index is 12.2. The topological polar surface area (TPSA) is 62.4 Å². The first-order valence-electron chi connectivity index (χ1n) is 6.96. The van der Waals surface area contributed by atoms with Gasteiger partial charge in [-0.05, 0) is 36.5 Å².